The third-order valence-electron chi connectivity index (χ3n) is 2.79. The number of carbonyl (C=O) groups excluding carboxylic acids is 1. The molecule has 0 aromatic heterocycles. The second-order valence-electron chi connectivity index (χ2n) is 4.14. The van der Waals surface area contributed by atoms with Crippen LogP contribution >= 0.6 is 0 Å². The van der Waals surface area contributed by atoms with Gasteiger partial charge in [0.05, 0.1) is 4.92 Å². The summed E-state index contributed by atoms with van der Waals surface area (Å²) >= 11 is 0. The van der Waals surface area contributed by atoms with Crippen LogP contribution in [0.25, 0.3) is 10.8 Å². The van der Waals surface area contributed by atoms with Crippen LogP contribution in [-0.2, 0) is 11.2 Å². The summed E-state index contributed by atoms with van der Waals surface area (Å²) in [6.45, 7) is 1.41. The lowest BCUT2D eigenvalue weighted by atomic mass is 9.97. The topological polar surface area (TPSA) is 86.2 Å². The standard InChI is InChI=1S/C13H12N2O3/c1-8(16)6-11-9-4-2-3-5-10(9)12(14)7-13(11)15(17)18/h2-5,7H,6,14H2,1H3. The molecule has 0 saturated heterocycles. The molecule has 5 nitrogen and oxygen atoms in total. The van der Waals surface area contributed by atoms with Crippen molar-refractivity contribution in [3.63, 3.8) is 0 Å². The molecule has 0 radical (unpaired) electrons. The summed E-state index contributed by atoms with van der Waals surface area (Å²) in [7, 11) is 0. The van der Waals surface area contributed by atoms with E-state index in [1.54, 1.807) is 18.2 Å². The highest BCUT2D eigenvalue weighted by atomic mass is 16.6. The lowest BCUT2D eigenvalue weighted by Crippen LogP contribution is -2.04. The van der Waals surface area contributed by atoms with Gasteiger partial charge in [0, 0.05) is 29.1 Å². The van der Waals surface area contributed by atoms with Crippen molar-refractivity contribution in [3.8, 4) is 0 Å². The fourth-order valence-electron chi connectivity index (χ4n) is 2.05. The minimum Gasteiger partial charge on any atom is -0.398 e. The van der Waals surface area contributed by atoms with Crippen molar-refractivity contribution in [2.24, 2.45) is 0 Å². The lowest BCUT2D eigenvalue weighted by Gasteiger charge is -2.08. The zero-order valence-electron chi connectivity index (χ0n) is 9.84. The number of hydrogen-bond acceptors (Lipinski definition) is 4. The van der Waals surface area contributed by atoms with E-state index >= 15 is 0 Å². The van der Waals surface area contributed by atoms with Crippen molar-refractivity contribution in [1.82, 2.24) is 0 Å². The van der Waals surface area contributed by atoms with Gasteiger partial charge >= 0.3 is 0 Å². The maximum absolute atomic E-state index is 11.3. The third-order valence-corrected chi connectivity index (χ3v) is 2.79. The molecule has 0 atom stereocenters. The number of rotatable bonds is 3. The highest BCUT2D eigenvalue weighted by Gasteiger charge is 2.19. The Kier molecular flexibility index (Phi) is 2.97. The van der Waals surface area contributed by atoms with E-state index in [0.29, 0.717) is 16.6 Å². The number of nitro benzene ring substituents is 1. The molecule has 5 heteroatoms. The minimum atomic E-state index is -0.499. The smallest absolute Gasteiger partial charge is 0.275 e. The van der Waals surface area contributed by atoms with Crippen molar-refractivity contribution >= 4 is 27.9 Å². The molecular weight excluding hydrogens is 232 g/mol. The molecule has 2 N–H and O–H groups in total. The molecule has 0 saturated carbocycles. The second-order valence-corrected chi connectivity index (χ2v) is 4.14. The predicted molar refractivity (Wildman–Crippen MR) is 69.4 cm³/mol. The number of ketones is 1. The zero-order valence-corrected chi connectivity index (χ0v) is 9.84. The number of hydrogen-bond donors (Lipinski definition) is 1. The van der Waals surface area contributed by atoms with Crippen molar-refractivity contribution in [2.75, 3.05) is 5.73 Å². The Balaban J connectivity index is 2.83. The van der Waals surface area contributed by atoms with Crippen molar-refractivity contribution < 1.29 is 9.72 Å². The molecule has 0 bridgehead atoms. The molecule has 2 aromatic rings. The number of Topliss-reactive ketones (excluding diaryl/α,β-unsaturated/α-hetero) is 1. The average Bonchev–Trinajstić information content (AvgIpc) is 2.32. The molecule has 0 aliphatic carbocycles. The number of nitrogen functional groups attached to an aromatic ring is 1. The molecule has 0 spiro atoms. The van der Waals surface area contributed by atoms with Crippen LogP contribution in [0.15, 0.2) is 30.3 Å². The van der Waals surface area contributed by atoms with Crippen LogP contribution in [0.4, 0.5) is 11.4 Å². The molecule has 0 aliphatic heterocycles. The van der Waals surface area contributed by atoms with Gasteiger partial charge in [0.2, 0.25) is 0 Å². The Morgan fingerprint density at radius 1 is 1.33 bits per heavy atom. The molecule has 18 heavy (non-hydrogen) atoms. The molecule has 0 fully saturated rings. The first-order chi connectivity index (χ1) is 8.50. The van der Waals surface area contributed by atoms with E-state index in [0.717, 1.165) is 5.39 Å². The number of benzene rings is 2. The fourth-order valence-corrected chi connectivity index (χ4v) is 2.05. The number of nitrogens with zero attached hydrogens (tertiary/aromatic N) is 1. The van der Waals surface area contributed by atoms with Gasteiger partial charge in [0.1, 0.15) is 5.78 Å². The van der Waals surface area contributed by atoms with Crippen LogP contribution in [0.5, 0.6) is 0 Å². The van der Waals surface area contributed by atoms with Gasteiger partial charge in [-0.1, -0.05) is 24.3 Å². The van der Waals surface area contributed by atoms with Gasteiger partial charge in [-0.25, -0.2) is 0 Å². The summed E-state index contributed by atoms with van der Waals surface area (Å²) in [5.74, 6) is -0.118. The number of carbonyl (C=O) groups is 1. The monoisotopic (exact) mass is 244 g/mol. The van der Waals surface area contributed by atoms with Gasteiger partial charge in [-0.3, -0.25) is 14.9 Å². The number of nitro groups is 1. The van der Waals surface area contributed by atoms with Crippen LogP contribution in [0, 0.1) is 10.1 Å². The van der Waals surface area contributed by atoms with Crippen LogP contribution in [0.1, 0.15) is 12.5 Å². The van der Waals surface area contributed by atoms with Crippen molar-refractivity contribution in [3.05, 3.63) is 46.0 Å². The Morgan fingerprint density at radius 3 is 2.50 bits per heavy atom. The summed E-state index contributed by atoms with van der Waals surface area (Å²) in [4.78, 5) is 21.8. The van der Waals surface area contributed by atoms with E-state index in [4.69, 9.17) is 5.73 Å². The largest absolute Gasteiger partial charge is 0.398 e. The van der Waals surface area contributed by atoms with E-state index in [1.165, 1.54) is 13.0 Å². The highest BCUT2D eigenvalue weighted by Crippen LogP contribution is 2.33. The quantitative estimate of drug-likeness (QED) is 0.510. The third kappa shape index (κ3) is 2.02. The van der Waals surface area contributed by atoms with Crippen LogP contribution < -0.4 is 5.73 Å². The maximum Gasteiger partial charge on any atom is 0.275 e. The summed E-state index contributed by atoms with van der Waals surface area (Å²) in [5.41, 5.74) is 6.49. The lowest BCUT2D eigenvalue weighted by molar-refractivity contribution is -0.385. The van der Waals surface area contributed by atoms with E-state index in [-0.39, 0.29) is 17.9 Å². The Labute approximate surface area is 103 Å². The second kappa shape index (κ2) is 4.44. The maximum atomic E-state index is 11.3. The van der Waals surface area contributed by atoms with Crippen molar-refractivity contribution in [2.45, 2.75) is 13.3 Å². The molecule has 92 valence electrons. The Hall–Kier alpha value is -2.43. The Bertz CT molecular complexity index is 650. The summed E-state index contributed by atoms with van der Waals surface area (Å²) in [6.07, 6.45) is 0.0388. The van der Waals surface area contributed by atoms with Crippen LogP contribution in [0.3, 0.4) is 0 Å². The van der Waals surface area contributed by atoms with Gasteiger partial charge in [0.25, 0.3) is 5.69 Å². The highest BCUT2D eigenvalue weighted by molar-refractivity contribution is 6.00. The van der Waals surface area contributed by atoms with Gasteiger partial charge in [-0.05, 0) is 12.3 Å². The van der Waals surface area contributed by atoms with Gasteiger partial charge in [0.15, 0.2) is 0 Å². The fraction of sp³-hybridized carbons (Fsp3) is 0.154. The van der Waals surface area contributed by atoms with Gasteiger partial charge in [-0.2, -0.15) is 0 Å². The average molecular weight is 244 g/mol. The summed E-state index contributed by atoms with van der Waals surface area (Å²) < 4.78 is 0. The van der Waals surface area contributed by atoms with E-state index in [9.17, 15) is 14.9 Å². The van der Waals surface area contributed by atoms with E-state index in [1.807, 2.05) is 6.07 Å². The van der Waals surface area contributed by atoms with Crippen molar-refractivity contribution in [1.29, 1.82) is 0 Å². The molecular formula is C13H12N2O3. The van der Waals surface area contributed by atoms with Gasteiger partial charge < -0.3 is 5.73 Å². The molecule has 0 amide bonds. The first-order valence-electron chi connectivity index (χ1n) is 5.44. The van der Waals surface area contributed by atoms with Gasteiger partial charge in [-0.15, -0.1) is 0 Å². The normalized spacial score (nSPS) is 10.5. The first kappa shape index (κ1) is 12.0. The summed E-state index contributed by atoms with van der Waals surface area (Å²) in [6, 6.07) is 8.44. The molecule has 2 rings (SSSR count). The molecule has 0 heterocycles. The molecule has 2 aromatic carbocycles. The molecule has 0 unspecified atom stereocenters. The zero-order chi connectivity index (χ0) is 13.3. The van der Waals surface area contributed by atoms with Crippen LogP contribution in [-0.4, -0.2) is 10.7 Å². The van der Waals surface area contributed by atoms with E-state index < -0.39 is 4.92 Å². The number of anilines is 1. The predicted octanol–water partition coefficient (Wildman–Crippen LogP) is 2.46. The summed E-state index contributed by atoms with van der Waals surface area (Å²) in [5, 5.41) is 12.4. The minimum absolute atomic E-state index is 0.0388. The first-order valence-corrected chi connectivity index (χ1v) is 5.44. The number of fused-ring (bicyclic) bond motifs is 1. The SMILES string of the molecule is CC(=O)Cc1c([N+](=O)[O-])cc(N)c2ccccc12. The van der Waals surface area contributed by atoms with E-state index in [2.05, 4.69) is 0 Å². The van der Waals surface area contributed by atoms with Crippen LogP contribution in [0.2, 0.25) is 0 Å². The number of nitrogens with two attached hydrogens (primary N) is 1. The Morgan fingerprint density at radius 2 is 1.94 bits per heavy atom. The molecule has 0 aliphatic rings.